The highest BCUT2D eigenvalue weighted by atomic mass is 79.9. The second-order valence-corrected chi connectivity index (χ2v) is 14.9. The Morgan fingerprint density at radius 1 is 0.958 bits per heavy atom. The van der Waals surface area contributed by atoms with E-state index in [-0.39, 0.29) is 29.9 Å². The molecule has 1 atom stereocenters. The first-order valence-corrected chi connectivity index (χ1v) is 18.4. The molecule has 2 fully saturated rings. The van der Waals surface area contributed by atoms with Crippen molar-refractivity contribution in [1.29, 1.82) is 0 Å². The van der Waals surface area contributed by atoms with Gasteiger partial charge in [0.15, 0.2) is 0 Å². The van der Waals surface area contributed by atoms with Crippen molar-refractivity contribution >= 4 is 60.6 Å². The number of benzene rings is 3. The first kappa shape index (κ1) is 32.9. The number of piperidine rings is 2. The Balaban J connectivity index is 1.12. The number of nitrogens with one attached hydrogen (secondary N) is 2. The van der Waals surface area contributed by atoms with Gasteiger partial charge in [-0.25, -0.2) is 14.6 Å². The van der Waals surface area contributed by atoms with Crippen LogP contribution in [0.3, 0.4) is 0 Å². The number of amides is 4. The maximum absolute atomic E-state index is 14.1. The van der Waals surface area contributed by atoms with Crippen molar-refractivity contribution in [3.63, 3.8) is 0 Å². The number of aromatic nitrogens is 2. The molecule has 12 heteroatoms. The van der Waals surface area contributed by atoms with Crippen LogP contribution < -0.4 is 10.6 Å². The molecule has 0 radical (unpaired) electrons. The maximum atomic E-state index is 14.1. The topological polar surface area (TPSA) is 106 Å². The number of rotatable bonds is 6. The van der Waals surface area contributed by atoms with E-state index in [1.54, 1.807) is 0 Å². The van der Waals surface area contributed by atoms with Gasteiger partial charge in [-0.05, 0) is 126 Å². The maximum Gasteiger partial charge on any atom is 0.322 e. The number of para-hydroxylation sites is 3. The smallest absolute Gasteiger partial charge is 0.322 e. The van der Waals surface area contributed by atoms with Crippen molar-refractivity contribution in [3.8, 4) is 5.75 Å². The number of carbonyl (C=O) groups excluding carboxylic acids is 2. The molecule has 0 aliphatic carbocycles. The highest BCUT2D eigenvalue weighted by molar-refractivity contribution is 9.11. The highest BCUT2D eigenvalue weighted by Gasteiger charge is 2.34. The zero-order valence-electron chi connectivity index (χ0n) is 27.0. The summed E-state index contributed by atoms with van der Waals surface area (Å²) in [6.45, 7) is 3.78. The fourth-order valence-electron chi connectivity index (χ4n) is 7.48. The van der Waals surface area contributed by atoms with E-state index in [0.717, 1.165) is 66.0 Å². The SMILES string of the molecule is CN1CCC(n2c([C@@H](Cc3cc(Br)c(O)c(Br)c3)NC(=O)N3CCC(N4CCc5ccccc5NC4=O)CC3)nc3ccccc32)CC1. The summed E-state index contributed by atoms with van der Waals surface area (Å²) >= 11 is 6.98. The molecule has 7 rings (SSSR count). The van der Waals surface area contributed by atoms with Crippen LogP contribution in [0.2, 0.25) is 0 Å². The van der Waals surface area contributed by atoms with Gasteiger partial charge >= 0.3 is 12.1 Å². The number of aromatic hydroxyl groups is 1. The van der Waals surface area contributed by atoms with Crippen LogP contribution >= 0.6 is 31.9 Å². The van der Waals surface area contributed by atoms with Crippen molar-refractivity contribution in [1.82, 2.24) is 29.6 Å². The third-order valence-corrected chi connectivity index (χ3v) is 11.3. The third-order valence-electron chi connectivity index (χ3n) is 10.1. The quantitative estimate of drug-likeness (QED) is 0.194. The molecule has 0 bridgehead atoms. The Hall–Kier alpha value is -3.61. The second-order valence-electron chi connectivity index (χ2n) is 13.2. The summed E-state index contributed by atoms with van der Waals surface area (Å²) < 4.78 is 3.53. The molecule has 3 aromatic carbocycles. The molecule has 3 aliphatic heterocycles. The predicted octanol–water partition coefficient (Wildman–Crippen LogP) is 7.08. The zero-order valence-corrected chi connectivity index (χ0v) is 30.2. The zero-order chi connectivity index (χ0) is 33.4. The molecule has 0 unspecified atom stereocenters. The number of hydrogen-bond donors (Lipinski definition) is 3. The van der Waals surface area contributed by atoms with E-state index in [2.05, 4.69) is 77.2 Å². The summed E-state index contributed by atoms with van der Waals surface area (Å²) in [7, 11) is 2.16. The second kappa shape index (κ2) is 14.1. The van der Waals surface area contributed by atoms with Crippen LogP contribution in [0, 0.1) is 0 Å². The average Bonchev–Trinajstić information content (AvgIpc) is 3.39. The number of halogens is 2. The Kier molecular flexibility index (Phi) is 9.66. The third kappa shape index (κ3) is 6.79. The summed E-state index contributed by atoms with van der Waals surface area (Å²) in [4.78, 5) is 38.6. The van der Waals surface area contributed by atoms with Crippen LogP contribution in [0.5, 0.6) is 5.75 Å². The Morgan fingerprint density at radius 2 is 1.62 bits per heavy atom. The number of phenolic OH excluding ortho intramolecular Hbond substituents is 1. The minimum Gasteiger partial charge on any atom is -0.506 e. The number of hydrogen-bond acceptors (Lipinski definition) is 5. The number of fused-ring (bicyclic) bond motifs is 2. The Labute approximate surface area is 297 Å². The standard InChI is InChI=1S/C36H41Br2N7O3/c1-42-15-11-26(12-16-42)45-32-9-5-4-8-30(32)39-34(45)31(22-23-20-27(37)33(46)28(38)21-23)41-35(47)43-17-13-25(14-18-43)44-19-10-24-6-2-3-7-29(24)40-36(44)48/h2-9,20-21,25-26,31,46H,10-19,22H2,1H3,(H,40,48)(H,41,47)/t31-/m1/s1. The van der Waals surface area contributed by atoms with Crippen molar-refractivity contribution < 1.29 is 14.7 Å². The lowest BCUT2D eigenvalue weighted by atomic mass is 10.0. The highest BCUT2D eigenvalue weighted by Crippen LogP contribution is 2.36. The van der Waals surface area contributed by atoms with Gasteiger partial charge < -0.3 is 35.0 Å². The van der Waals surface area contributed by atoms with Gasteiger partial charge in [0.25, 0.3) is 0 Å². The monoisotopic (exact) mass is 777 g/mol. The lowest BCUT2D eigenvalue weighted by Gasteiger charge is -2.38. The molecular formula is C36H41Br2N7O3. The van der Waals surface area contributed by atoms with Gasteiger partial charge in [0.05, 0.1) is 26.0 Å². The van der Waals surface area contributed by atoms with E-state index in [1.165, 1.54) is 0 Å². The van der Waals surface area contributed by atoms with Crippen molar-refractivity contribution in [2.75, 3.05) is 45.1 Å². The number of phenols is 1. The lowest BCUT2D eigenvalue weighted by molar-refractivity contribution is 0.132. The molecule has 2 saturated heterocycles. The van der Waals surface area contributed by atoms with Crippen LogP contribution in [0.4, 0.5) is 15.3 Å². The average molecular weight is 780 g/mol. The van der Waals surface area contributed by atoms with Gasteiger partial charge in [-0.3, -0.25) is 0 Å². The summed E-state index contributed by atoms with van der Waals surface area (Å²) in [5, 5.41) is 16.9. The largest absolute Gasteiger partial charge is 0.506 e. The molecule has 252 valence electrons. The minimum atomic E-state index is -0.416. The van der Waals surface area contributed by atoms with Crippen molar-refractivity contribution in [2.45, 2.75) is 56.7 Å². The molecule has 10 nitrogen and oxygen atoms in total. The fraction of sp³-hybridized carbons (Fsp3) is 0.417. The normalized spacial score (nSPS) is 18.8. The molecule has 0 saturated carbocycles. The van der Waals surface area contributed by atoms with Gasteiger partial charge in [0.1, 0.15) is 11.6 Å². The number of urea groups is 2. The van der Waals surface area contributed by atoms with E-state index in [1.807, 2.05) is 52.3 Å². The first-order valence-electron chi connectivity index (χ1n) is 16.8. The van der Waals surface area contributed by atoms with Crippen molar-refractivity contribution in [2.24, 2.45) is 0 Å². The van der Waals surface area contributed by atoms with Gasteiger partial charge in [-0.1, -0.05) is 30.3 Å². The molecule has 4 heterocycles. The molecule has 1 aromatic heterocycles. The minimum absolute atomic E-state index is 0.0676. The van der Waals surface area contributed by atoms with E-state index in [0.29, 0.717) is 47.8 Å². The Morgan fingerprint density at radius 3 is 2.38 bits per heavy atom. The fourth-order valence-corrected chi connectivity index (χ4v) is 8.76. The van der Waals surface area contributed by atoms with E-state index < -0.39 is 6.04 Å². The van der Waals surface area contributed by atoms with E-state index in [4.69, 9.17) is 4.98 Å². The molecule has 4 aromatic rings. The summed E-state index contributed by atoms with van der Waals surface area (Å²) in [6, 6.07) is 19.7. The van der Waals surface area contributed by atoms with Crippen LogP contribution in [0.1, 0.15) is 54.7 Å². The molecule has 48 heavy (non-hydrogen) atoms. The van der Waals surface area contributed by atoms with Crippen molar-refractivity contribution in [3.05, 3.63) is 86.6 Å². The van der Waals surface area contributed by atoms with Gasteiger partial charge in [-0.15, -0.1) is 0 Å². The van der Waals surface area contributed by atoms with Crippen LogP contribution in [-0.2, 0) is 12.8 Å². The molecule has 4 amide bonds. The predicted molar refractivity (Wildman–Crippen MR) is 194 cm³/mol. The Bertz CT molecular complexity index is 1790. The molecule has 3 N–H and O–H groups in total. The number of carbonyl (C=O) groups is 2. The van der Waals surface area contributed by atoms with Gasteiger partial charge in [0.2, 0.25) is 0 Å². The van der Waals surface area contributed by atoms with E-state index in [9.17, 15) is 14.7 Å². The summed E-state index contributed by atoms with van der Waals surface area (Å²) in [6.07, 6.45) is 4.73. The first-order chi connectivity index (χ1) is 23.2. The summed E-state index contributed by atoms with van der Waals surface area (Å²) in [5.74, 6) is 0.984. The lowest BCUT2D eigenvalue weighted by Crippen LogP contribution is -2.52. The molecule has 0 spiro atoms. The van der Waals surface area contributed by atoms with Crippen LogP contribution in [0.15, 0.2) is 69.6 Å². The van der Waals surface area contributed by atoms with E-state index >= 15 is 0 Å². The number of anilines is 1. The number of likely N-dealkylation sites (tertiary alicyclic amines) is 2. The van der Waals surface area contributed by atoms with Gasteiger partial charge in [0, 0.05) is 43.8 Å². The molecule has 3 aliphatic rings. The molecular weight excluding hydrogens is 738 g/mol. The summed E-state index contributed by atoms with van der Waals surface area (Å²) in [5.41, 5.74) is 4.97. The van der Waals surface area contributed by atoms with Gasteiger partial charge in [-0.2, -0.15) is 0 Å². The number of imidazole rings is 1. The number of nitrogens with zero attached hydrogens (tertiary/aromatic N) is 5. The van der Waals surface area contributed by atoms with Crippen LogP contribution in [-0.4, -0.2) is 87.2 Å². The van der Waals surface area contributed by atoms with Crippen LogP contribution in [0.25, 0.3) is 11.0 Å².